The summed E-state index contributed by atoms with van der Waals surface area (Å²) in [6.45, 7) is 7.82. The number of rotatable bonds is 15. The molecule has 1 aliphatic rings. The number of hydrogen-bond acceptors (Lipinski definition) is 5. The number of aliphatic hydroxyl groups is 1. The average molecular weight is 533 g/mol. The van der Waals surface area contributed by atoms with Crippen LogP contribution in [0.5, 0.6) is 0 Å². The van der Waals surface area contributed by atoms with Crippen LogP contribution in [0.2, 0.25) is 0 Å². The maximum absolute atomic E-state index is 13.3. The lowest BCUT2D eigenvalue weighted by molar-refractivity contribution is -0.150. The van der Waals surface area contributed by atoms with E-state index in [1.54, 1.807) is 11.0 Å². The van der Waals surface area contributed by atoms with Crippen LogP contribution < -0.4 is 5.32 Å². The Balaban J connectivity index is 1.63. The topological polar surface area (TPSA) is 95.9 Å². The number of aliphatic hydroxyl groups excluding tert-OH is 1. The molecule has 7 heteroatoms. The average Bonchev–Trinajstić information content (AvgIpc) is 2.96. The van der Waals surface area contributed by atoms with E-state index in [0.29, 0.717) is 32.2 Å². The third-order valence-corrected chi connectivity index (χ3v) is 7.08. The quantitative estimate of drug-likeness (QED) is 0.198. The second-order valence-corrected chi connectivity index (χ2v) is 9.93. The Morgan fingerprint density at radius 2 is 1.74 bits per heavy atom. The van der Waals surface area contributed by atoms with Gasteiger partial charge in [0, 0.05) is 19.4 Å². The molecule has 0 radical (unpaired) electrons. The first-order valence-electron chi connectivity index (χ1n) is 13.7. The number of carbonyl (C=O) groups excluding carboxylic acids is 3. The molecule has 208 valence electrons. The van der Waals surface area contributed by atoms with Crippen LogP contribution in [0.1, 0.15) is 61.3 Å². The normalized spacial score (nSPS) is 15.9. The number of nitrogens with one attached hydrogen (secondary N) is 1. The second kappa shape index (κ2) is 15.6. The standard InChI is InChI=1S/C32H40N2O5/c1-3-5-6-10-18-31(37)39-29(24-14-8-7-9-15-24)21-33-32(38)26(13-4-2)20-30(36)34-22-27-17-12-11-16-25(27)19-28(34)23-35/h3-4,7-9,11-12,14-17,26,28-29,35H,1-2,5-6,10,13,18-23H2,(H,33,38). The second-order valence-electron chi connectivity index (χ2n) is 9.93. The maximum Gasteiger partial charge on any atom is 0.306 e. The third-order valence-electron chi connectivity index (χ3n) is 7.08. The number of carbonyl (C=O) groups is 3. The first-order valence-corrected chi connectivity index (χ1v) is 13.7. The van der Waals surface area contributed by atoms with Gasteiger partial charge in [-0.25, -0.2) is 0 Å². The molecule has 0 aromatic heterocycles. The fraction of sp³-hybridized carbons (Fsp3) is 0.406. The minimum absolute atomic E-state index is 0.00435. The molecule has 0 bridgehead atoms. The molecular weight excluding hydrogens is 492 g/mol. The molecule has 0 spiro atoms. The Hall–Kier alpha value is -3.71. The zero-order valence-corrected chi connectivity index (χ0v) is 22.6. The maximum atomic E-state index is 13.3. The molecular formula is C32H40N2O5. The van der Waals surface area contributed by atoms with Crippen molar-refractivity contribution >= 4 is 17.8 Å². The van der Waals surface area contributed by atoms with Gasteiger partial charge < -0.3 is 20.1 Å². The molecule has 1 aliphatic heterocycles. The van der Waals surface area contributed by atoms with Crippen molar-refractivity contribution in [3.63, 3.8) is 0 Å². The summed E-state index contributed by atoms with van der Waals surface area (Å²) < 4.78 is 5.74. The first-order chi connectivity index (χ1) is 19.0. The summed E-state index contributed by atoms with van der Waals surface area (Å²) in [6, 6.07) is 16.9. The molecule has 1 heterocycles. The van der Waals surface area contributed by atoms with Crippen molar-refractivity contribution in [1.82, 2.24) is 10.2 Å². The highest BCUT2D eigenvalue weighted by Crippen LogP contribution is 2.25. The van der Waals surface area contributed by atoms with E-state index in [2.05, 4.69) is 18.5 Å². The molecule has 3 unspecified atom stereocenters. The molecule has 2 aromatic rings. The van der Waals surface area contributed by atoms with Gasteiger partial charge in [-0.3, -0.25) is 14.4 Å². The first kappa shape index (κ1) is 29.8. The van der Waals surface area contributed by atoms with Gasteiger partial charge in [-0.2, -0.15) is 0 Å². The van der Waals surface area contributed by atoms with E-state index in [4.69, 9.17) is 4.74 Å². The van der Waals surface area contributed by atoms with Crippen LogP contribution >= 0.6 is 0 Å². The van der Waals surface area contributed by atoms with E-state index in [0.717, 1.165) is 29.5 Å². The predicted molar refractivity (Wildman–Crippen MR) is 151 cm³/mol. The van der Waals surface area contributed by atoms with Gasteiger partial charge in [-0.1, -0.05) is 66.7 Å². The van der Waals surface area contributed by atoms with Crippen LogP contribution in [-0.2, 0) is 32.1 Å². The summed E-state index contributed by atoms with van der Waals surface area (Å²) in [4.78, 5) is 40.7. The molecule has 0 fully saturated rings. The van der Waals surface area contributed by atoms with Gasteiger partial charge in [0.05, 0.1) is 25.1 Å². The fourth-order valence-corrected chi connectivity index (χ4v) is 4.86. The molecule has 3 rings (SSSR count). The number of fused-ring (bicyclic) bond motifs is 1. The number of nitrogens with zero attached hydrogens (tertiary/aromatic N) is 1. The van der Waals surface area contributed by atoms with Crippen molar-refractivity contribution in [2.75, 3.05) is 13.2 Å². The van der Waals surface area contributed by atoms with Gasteiger partial charge in [0.15, 0.2) is 0 Å². The zero-order chi connectivity index (χ0) is 28.0. The van der Waals surface area contributed by atoms with Crippen LogP contribution in [0.4, 0.5) is 0 Å². The monoisotopic (exact) mass is 532 g/mol. The largest absolute Gasteiger partial charge is 0.456 e. The van der Waals surface area contributed by atoms with Gasteiger partial charge >= 0.3 is 5.97 Å². The minimum atomic E-state index is -0.639. The van der Waals surface area contributed by atoms with Gasteiger partial charge in [0.2, 0.25) is 11.8 Å². The summed E-state index contributed by atoms with van der Waals surface area (Å²) in [5, 5.41) is 12.9. The van der Waals surface area contributed by atoms with Crippen LogP contribution in [0.25, 0.3) is 0 Å². The van der Waals surface area contributed by atoms with E-state index in [-0.39, 0.29) is 43.4 Å². The SMILES string of the molecule is C=CCCCCC(=O)OC(CNC(=O)C(CC=C)CC(=O)N1Cc2ccccc2CC1CO)c1ccccc1. The third kappa shape index (κ3) is 8.93. The van der Waals surface area contributed by atoms with E-state index in [1.807, 2.05) is 60.7 Å². The lowest BCUT2D eigenvalue weighted by atomic mass is 9.92. The van der Waals surface area contributed by atoms with Gasteiger partial charge in [-0.05, 0) is 48.8 Å². The highest BCUT2D eigenvalue weighted by molar-refractivity contribution is 5.86. The number of unbranched alkanes of at least 4 members (excludes halogenated alkanes) is 2. The van der Waals surface area contributed by atoms with Gasteiger partial charge in [-0.15, -0.1) is 13.2 Å². The van der Waals surface area contributed by atoms with Crippen molar-refractivity contribution in [3.8, 4) is 0 Å². The Morgan fingerprint density at radius 3 is 2.44 bits per heavy atom. The molecule has 39 heavy (non-hydrogen) atoms. The lowest BCUT2D eigenvalue weighted by Crippen LogP contribution is -2.47. The molecule has 0 saturated heterocycles. The molecule has 0 saturated carbocycles. The molecule has 2 aromatic carbocycles. The molecule has 3 atom stereocenters. The minimum Gasteiger partial charge on any atom is -0.456 e. The zero-order valence-electron chi connectivity index (χ0n) is 22.6. The Bertz CT molecular complexity index is 1120. The van der Waals surface area contributed by atoms with Gasteiger partial charge in [0.25, 0.3) is 0 Å². The fourth-order valence-electron chi connectivity index (χ4n) is 4.86. The summed E-state index contributed by atoms with van der Waals surface area (Å²) in [5.74, 6) is -1.43. The summed E-state index contributed by atoms with van der Waals surface area (Å²) >= 11 is 0. The Labute approximate surface area is 231 Å². The summed E-state index contributed by atoms with van der Waals surface area (Å²) in [6.07, 6.45) is 6.42. The molecule has 7 nitrogen and oxygen atoms in total. The highest BCUT2D eigenvalue weighted by Gasteiger charge is 2.32. The van der Waals surface area contributed by atoms with Crippen molar-refractivity contribution < 1.29 is 24.2 Å². The highest BCUT2D eigenvalue weighted by atomic mass is 16.5. The summed E-state index contributed by atoms with van der Waals surface area (Å²) in [5.41, 5.74) is 2.96. The predicted octanol–water partition coefficient (Wildman–Crippen LogP) is 4.66. The van der Waals surface area contributed by atoms with Crippen molar-refractivity contribution in [2.45, 2.75) is 63.6 Å². The number of amides is 2. The summed E-state index contributed by atoms with van der Waals surface area (Å²) in [7, 11) is 0. The molecule has 0 aliphatic carbocycles. The van der Waals surface area contributed by atoms with E-state index in [1.165, 1.54) is 0 Å². The van der Waals surface area contributed by atoms with Crippen LogP contribution in [0.3, 0.4) is 0 Å². The van der Waals surface area contributed by atoms with Crippen LogP contribution in [-0.4, -0.2) is 47.0 Å². The van der Waals surface area contributed by atoms with Crippen LogP contribution in [0, 0.1) is 5.92 Å². The van der Waals surface area contributed by atoms with Gasteiger partial charge in [0.1, 0.15) is 6.10 Å². The smallest absolute Gasteiger partial charge is 0.306 e. The number of ether oxygens (including phenoxy) is 1. The number of esters is 1. The number of hydrogen-bond donors (Lipinski definition) is 2. The van der Waals surface area contributed by atoms with Crippen molar-refractivity contribution in [3.05, 3.63) is 96.6 Å². The Morgan fingerprint density at radius 1 is 1.03 bits per heavy atom. The number of benzene rings is 2. The van der Waals surface area contributed by atoms with E-state index < -0.39 is 12.0 Å². The molecule has 2 N–H and O–H groups in total. The van der Waals surface area contributed by atoms with E-state index >= 15 is 0 Å². The number of allylic oxidation sites excluding steroid dienone is 2. The van der Waals surface area contributed by atoms with Crippen LogP contribution in [0.15, 0.2) is 79.9 Å². The van der Waals surface area contributed by atoms with E-state index in [9.17, 15) is 19.5 Å². The molecule has 2 amide bonds. The van der Waals surface area contributed by atoms with Crippen molar-refractivity contribution in [2.24, 2.45) is 5.92 Å². The van der Waals surface area contributed by atoms with Crippen molar-refractivity contribution in [1.29, 1.82) is 0 Å². The Kier molecular flexibility index (Phi) is 12.0. The lowest BCUT2D eigenvalue weighted by Gasteiger charge is -2.36.